The van der Waals surface area contributed by atoms with Gasteiger partial charge in [-0.05, 0) is 36.4 Å². The van der Waals surface area contributed by atoms with E-state index < -0.39 is 21.7 Å². The molecule has 0 atom stereocenters. The van der Waals surface area contributed by atoms with Gasteiger partial charge in [-0.25, -0.2) is 17.2 Å². The van der Waals surface area contributed by atoms with Crippen molar-refractivity contribution in [2.75, 3.05) is 11.8 Å². The second-order valence-corrected chi connectivity index (χ2v) is 5.56. The van der Waals surface area contributed by atoms with E-state index in [9.17, 15) is 17.2 Å². The second-order valence-electron chi connectivity index (χ2n) is 3.91. The molecule has 4 nitrogen and oxygen atoms in total. The first-order valence-corrected chi connectivity index (χ1v) is 7.02. The van der Waals surface area contributed by atoms with Crippen molar-refractivity contribution in [3.63, 3.8) is 0 Å². The largest absolute Gasteiger partial charge is 0.495 e. The van der Waals surface area contributed by atoms with Crippen molar-refractivity contribution in [1.29, 1.82) is 0 Å². The Bertz CT molecular complexity index is 732. The van der Waals surface area contributed by atoms with Crippen LogP contribution in [0.1, 0.15) is 0 Å². The number of benzene rings is 2. The van der Waals surface area contributed by atoms with Gasteiger partial charge in [-0.1, -0.05) is 6.07 Å². The first-order chi connectivity index (χ1) is 9.42. The van der Waals surface area contributed by atoms with Gasteiger partial charge in [0.25, 0.3) is 10.0 Å². The molecule has 1 N–H and O–H groups in total. The molecule has 0 heterocycles. The smallest absolute Gasteiger partial charge is 0.265 e. The average molecular weight is 299 g/mol. The molecule has 20 heavy (non-hydrogen) atoms. The van der Waals surface area contributed by atoms with Crippen LogP contribution >= 0.6 is 0 Å². The van der Waals surface area contributed by atoms with Crippen molar-refractivity contribution in [2.45, 2.75) is 4.90 Å². The lowest BCUT2D eigenvalue weighted by Gasteiger charge is -2.11. The van der Waals surface area contributed by atoms with Crippen molar-refractivity contribution in [1.82, 2.24) is 0 Å². The Morgan fingerprint density at radius 3 is 2.40 bits per heavy atom. The molecule has 0 saturated heterocycles. The van der Waals surface area contributed by atoms with Crippen LogP contribution in [0.15, 0.2) is 47.4 Å². The van der Waals surface area contributed by atoms with Crippen LogP contribution < -0.4 is 9.46 Å². The number of ether oxygens (including phenoxy) is 1. The van der Waals surface area contributed by atoms with E-state index in [0.29, 0.717) is 0 Å². The van der Waals surface area contributed by atoms with E-state index in [1.807, 2.05) is 0 Å². The van der Waals surface area contributed by atoms with Gasteiger partial charge in [0, 0.05) is 0 Å². The number of nitrogens with one attached hydrogen (secondary N) is 1. The standard InChI is InChI=1S/C13H11F2NO3S/c1-19-12-6-5-10(15)8-13(12)20(17,18)16-11-4-2-3-9(14)7-11/h2-8,16H,1H3. The molecular weight excluding hydrogens is 288 g/mol. The van der Waals surface area contributed by atoms with E-state index >= 15 is 0 Å². The maximum Gasteiger partial charge on any atom is 0.265 e. The Morgan fingerprint density at radius 1 is 1.05 bits per heavy atom. The summed E-state index contributed by atoms with van der Waals surface area (Å²) in [5, 5.41) is 0. The highest BCUT2D eigenvalue weighted by Gasteiger charge is 2.20. The summed E-state index contributed by atoms with van der Waals surface area (Å²) >= 11 is 0. The van der Waals surface area contributed by atoms with Gasteiger partial charge < -0.3 is 4.74 Å². The lowest BCUT2D eigenvalue weighted by Crippen LogP contribution is -2.14. The minimum Gasteiger partial charge on any atom is -0.495 e. The lowest BCUT2D eigenvalue weighted by atomic mass is 10.3. The number of halogens is 2. The molecule has 0 amide bonds. The summed E-state index contributed by atoms with van der Waals surface area (Å²) in [6.45, 7) is 0. The summed E-state index contributed by atoms with van der Waals surface area (Å²) in [4.78, 5) is -0.357. The maximum atomic E-state index is 13.2. The molecule has 0 bridgehead atoms. The Balaban J connectivity index is 2.43. The average Bonchev–Trinajstić information content (AvgIpc) is 2.38. The Hall–Kier alpha value is -2.15. The first kappa shape index (κ1) is 14.3. The van der Waals surface area contributed by atoms with Gasteiger partial charge in [0.1, 0.15) is 22.3 Å². The van der Waals surface area contributed by atoms with E-state index in [-0.39, 0.29) is 16.3 Å². The molecule has 2 aromatic carbocycles. The van der Waals surface area contributed by atoms with Gasteiger partial charge in [-0.2, -0.15) is 0 Å². The van der Waals surface area contributed by atoms with Gasteiger partial charge in [0.05, 0.1) is 12.8 Å². The van der Waals surface area contributed by atoms with Gasteiger partial charge in [-0.15, -0.1) is 0 Å². The number of anilines is 1. The minimum absolute atomic E-state index is 0.00435. The van der Waals surface area contributed by atoms with Crippen molar-refractivity contribution in [2.24, 2.45) is 0 Å². The fourth-order valence-electron chi connectivity index (χ4n) is 1.62. The Labute approximate surface area is 115 Å². The molecule has 0 spiro atoms. The quantitative estimate of drug-likeness (QED) is 0.944. The summed E-state index contributed by atoms with van der Waals surface area (Å²) in [7, 11) is -2.80. The topological polar surface area (TPSA) is 55.4 Å². The Kier molecular flexibility index (Phi) is 3.89. The zero-order valence-electron chi connectivity index (χ0n) is 10.4. The third-order valence-electron chi connectivity index (χ3n) is 2.49. The molecule has 7 heteroatoms. The summed E-state index contributed by atoms with van der Waals surface area (Å²) in [5.74, 6) is -1.31. The van der Waals surface area contributed by atoms with Crippen LogP contribution in [0.4, 0.5) is 14.5 Å². The molecule has 2 rings (SSSR count). The molecule has 0 unspecified atom stereocenters. The fraction of sp³-hybridized carbons (Fsp3) is 0.0769. The predicted octanol–water partition coefficient (Wildman–Crippen LogP) is 2.77. The van der Waals surface area contributed by atoms with Crippen LogP contribution in [-0.2, 0) is 10.0 Å². The number of sulfonamides is 1. The van der Waals surface area contributed by atoms with Crippen LogP contribution in [0.2, 0.25) is 0 Å². The van der Waals surface area contributed by atoms with Gasteiger partial charge in [0.2, 0.25) is 0 Å². The van der Waals surface area contributed by atoms with Crippen LogP contribution in [0.5, 0.6) is 5.75 Å². The van der Waals surface area contributed by atoms with E-state index in [2.05, 4.69) is 4.72 Å². The van der Waals surface area contributed by atoms with Gasteiger partial charge >= 0.3 is 0 Å². The zero-order chi connectivity index (χ0) is 14.8. The van der Waals surface area contributed by atoms with Crippen molar-refractivity contribution < 1.29 is 21.9 Å². The highest BCUT2D eigenvalue weighted by Crippen LogP contribution is 2.26. The molecular formula is C13H11F2NO3S. The van der Waals surface area contributed by atoms with E-state index in [0.717, 1.165) is 18.2 Å². The minimum atomic E-state index is -4.08. The highest BCUT2D eigenvalue weighted by atomic mass is 32.2. The number of methoxy groups -OCH3 is 1. The van der Waals surface area contributed by atoms with Crippen LogP contribution in [0, 0.1) is 11.6 Å². The van der Waals surface area contributed by atoms with Crippen LogP contribution in [0.25, 0.3) is 0 Å². The van der Waals surface area contributed by atoms with Gasteiger partial charge in [0.15, 0.2) is 0 Å². The SMILES string of the molecule is COc1ccc(F)cc1S(=O)(=O)Nc1cccc(F)c1. The highest BCUT2D eigenvalue weighted by molar-refractivity contribution is 7.92. The van der Waals surface area contributed by atoms with Crippen molar-refractivity contribution in [3.8, 4) is 5.75 Å². The fourth-order valence-corrected chi connectivity index (χ4v) is 2.85. The summed E-state index contributed by atoms with van der Waals surface area (Å²) in [6.07, 6.45) is 0. The summed E-state index contributed by atoms with van der Waals surface area (Å²) in [5.41, 5.74) is 0.0383. The van der Waals surface area contributed by atoms with Crippen molar-refractivity contribution in [3.05, 3.63) is 54.1 Å². The molecule has 106 valence electrons. The normalized spacial score (nSPS) is 11.2. The van der Waals surface area contributed by atoms with Crippen molar-refractivity contribution >= 4 is 15.7 Å². The number of rotatable bonds is 4. The van der Waals surface area contributed by atoms with E-state index in [4.69, 9.17) is 4.74 Å². The number of hydrogen-bond donors (Lipinski definition) is 1. The maximum absolute atomic E-state index is 13.2. The second kappa shape index (κ2) is 5.46. The molecule has 0 aliphatic heterocycles. The first-order valence-electron chi connectivity index (χ1n) is 5.54. The molecule has 0 aliphatic rings. The third-order valence-corrected chi connectivity index (χ3v) is 3.89. The molecule has 2 aromatic rings. The lowest BCUT2D eigenvalue weighted by molar-refractivity contribution is 0.401. The van der Waals surface area contributed by atoms with E-state index in [1.165, 1.54) is 31.4 Å². The molecule has 0 aliphatic carbocycles. The molecule has 0 aromatic heterocycles. The van der Waals surface area contributed by atoms with Crippen LogP contribution in [0.3, 0.4) is 0 Å². The zero-order valence-corrected chi connectivity index (χ0v) is 11.2. The molecule has 0 saturated carbocycles. The van der Waals surface area contributed by atoms with Gasteiger partial charge in [-0.3, -0.25) is 4.72 Å². The molecule has 0 radical (unpaired) electrons. The Morgan fingerprint density at radius 2 is 1.75 bits per heavy atom. The molecule has 0 fully saturated rings. The van der Waals surface area contributed by atoms with E-state index in [1.54, 1.807) is 0 Å². The number of hydrogen-bond acceptors (Lipinski definition) is 3. The van der Waals surface area contributed by atoms with Crippen LogP contribution in [-0.4, -0.2) is 15.5 Å². The monoisotopic (exact) mass is 299 g/mol. The predicted molar refractivity (Wildman–Crippen MR) is 70.2 cm³/mol. The summed E-state index contributed by atoms with van der Waals surface area (Å²) in [6, 6.07) is 8.06. The summed E-state index contributed by atoms with van der Waals surface area (Å²) < 4.78 is 57.6. The third kappa shape index (κ3) is 3.05.